The molecule has 1 N–H and O–H groups in total. The van der Waals surface area contributed by atoms with E-state index in [-0.39, 0.29) is 51.5 Å². The van der Waals surface area contributed by atoms with Crippen LogP contribution in [0.5, 0.6) is 0 Å². The number of allylic oxidation sites excluding steroid dienone is 2. The number of hydrogen-bond acceptors (Lipinski definition) is 4. The van der Waals surface area contributed by atoms with Crippen molar-refractivity contribution >= 4 is 11.8 Å². The summed E-state index contributed by atoms with van der Waals surface area (Å²) in [6.07, 6.45) is 9.94. The van der Waals surface area contributed by atoms with Gasteiger partial charge in [-0.2, -0.15) is 0 Å². The van der Waals surface area contributed by atoms with E-state index in [0.29, 0.717) is 24.5 Å². The molecule has 1 heterocycles. The second kappa shape index (κ2) is 7.54. The van der Waals surface area contributed by atoms with Crippen molar-refractivity contribution in [3.63, 3.8) is 0 Å². The number of cyclic esters (lactones) is 1. The lowest BCUT2D eigenvalue weighted by Gasteiger charge is -2.67. The molecular formula is C30H44O4. The van der Waals surface area contributed by atoms with E-state index in [2.05, 4.69) is 60.6 Å². The van der Waals surface area contributed by atoms with Gasteiger partial charge >= 0.3 is 5.97 Å². The largest absolute Gasteiger partial charge is 0.458 e. The molecule has 0 aromatic rings. The Kier molecular flexibility index (Phi) is 5.39. The lowest BCUT2D eigenvalue weighted by molar-refractivity contribution is -0.191. The molecule has 9 unspecified atom stereocenters. The molecule has 188 valence electrons. The second-order valence-corrected chi connectivity index (χ2v) is 13.8. The highest BCUT2D eigenvalue weighted by molar-refractivity contribution is 5.85. The summed E-state index contributed by atoms with van der Waals surface area (Å²) in [6, 6.07) is 0. The number of esters is 1. The number of aliphatic hydroxyl groups excluding tert-OH is 1. The molecule has 0 radical (unpaired) electrons. The SMILES string of the molecule is CC(C)=CC1CC(C2CC=C3C2(C)CCC2C4(C)CCC(=O)C(C)(C)C4CC(O)C32C)C(=O)O1. The van der Waals surface area contributed by atoms with Gasteiger partial charge in [0, 0.05) is 23.7 Å². The Morgan fingerprint density at radius 2 is 1.76 bits per heavy atom. The highest BCUT2D eigenvalue weighted by atomic mass is 16.5. The van der Waals surface area contributed by atoms with E-state index in [1.165, 1.54) is 11.1 Å². The molecular weight excluding hydrogens is 424 g/mol. The van der Waals surface area contributed by atoms with Crippen LogP contribution in [0.25, 0.3) is 0 Å². The van der Waals surface area contributed by atoms with E-state index < -0.39 is 6.10 Å². The molecule has 4 heteroatoms. The van der Waals surface area contributed by atoms with Gasteiger partial charge in [-0.3, -0.25) is 9.59 Å². The molecule has 0 amide bonds. The number of hydrogen-bond donors (Lipinski definition) is 1. The highest BCUT2D eigenvalue weighted by Gasteiger charge is 2.68. The molecule has 0 aromatic carbocycles. The Labute approximate surface area is 205 Å². The number of ketones is 1. The van der Waals surface area contributed by atoms with Gasteiger partial charge in [-0.05, 0) is 80.6 Å². The summed E-state index contributed by atoms with van der Waals surface area (Å²) in [5.41, 5.74) is 1.86. The Bertz CT molecular complexity index is 970. The van der Waals surface area contributed by atoms with E-state index >= 15 is 0 Å². The summed E-state index contributed by atoms with van der Waals surface area (Å²) >= 11 is 0. The van der Waals surface area contributed by atoms with Crippen LogP contribution in [0.1, 0.15) is 93.4 Å². The van der Waals surface area contributed by atoms with Crippen LogP contribution in [-0.2, 0) is 14.3 Å². The number of aliphatic hydroxyl groups is 1. The monoisotopic (exact) mass is 468 g/mol. The van der Waals surface area contributed by atoms with E-state index in [1.807, 2.05) is 0 Å². The molecule has 4 aliphatic carbocycles. The smallest absolute Gasteiger partial charge is 0.310 e. The molecule has 0 aromatic heterocycles. The van der Waals surface area contributed by atoms with Crippen molar-refractivity contribution in [2.75, 3.05) is 0 Å². The second-order valence-electron chi connectivity index (χ2n) is 13.8. The molecule has 3 saturated carbocycles. The maximum absolute atomic E-state index is 13.0. The van der Waals surface area contributed by atoms with Crippen molar-refractivity contribution in [1.29, 1.82) is 0 Å². The van der Waals surface area contributed by atoms with E-state index in [0.717, 1.165) is 32.1 Å². The number of rotatable bonds is 2. The Morgan fingerprint density at radius 3 is 2.44 bits per heavy atom. The van der Waals surface area contributed by atoms with Crippen LogP contribution < -0.4 is 0 Å². The van der Waals surface area contributed by atoms with Crippen molar-refractivity contribution in [3.05, 3.63) is 23.3 Å². The summed E-state index contributed by atoms with van der Waals surface area (Å²) in [5.74, 6) is 1.05. The first-order chi connectivity index (χ1) is 15.8. The average molecular weight is 469 g/mol. The van der Waals surface area contributed by atoms with E-state index in [1.54, 1.807) is 0 Å². The van der Waals surface area contributed by atoms with Gasteiger partial charge in [0.05, 0.1) is 12.0 Å². The number of ether oxygens (including phenoxy) is 1. The Balaban J connectivity index is 1.48. The van der Waals surface area contributed by atoms with Crippen LogP contribution in [0.15, 0.2) is 23.3 Å². The van der Waals surface area contributed by atoms with Gasteiger partial charge in [-0.25, -0.2) is 0 Å². The quantitative estimate of drug-likeness (QED) is 0.397. The summed E-state index contributed by atoms with van der Waals surface area (Å²) in [7, 11) is 0. The number of carbonyl (C=O) groups is 2. The zero-order valence-electron chi connectivity index (χ0n) is 22.2. The molecule has 0 spiro atoms. The molecule has 1 aliphatic heterocycles. The maximum Gasteiger partial charge on any atom is 0.310 e. The van der Waals surface area contributed by atoms with Gasteiger partial charge in [-0.1, -0.05) is 51.8 Å². The standard InChI is InChI=1S/C30H44O4/c1-17(2)14-18-15-19(26(33)34-18)20-8-9-21-28(20,5)12-10-22-29(6)13-11-24(31)27(3,4)23(29)16-25(32)30(21,22)7/h9,14,18-20,22-23,25,32H,8,10-13,15-16H2,1-7H3. The van der Waals surface area contributed by atoms with Crippen LogP contribution in [0.3, 0.4) is 0 Å². The fraction of sp³-hybridized carbons (Fsp3) is 0.800. The molecule has 1 saturated heterocycles. The van der Waals surface area contributed by atoms with Crippen molar-refractivity contribution in [2.24, 2.45) is 45.3 Å². The van der Waals surface area contributed by atoms with Gasteiger partial charge < -0.3 is 9.84 Å². The topological polar surface area (TPSA) is 63.6 Å². The van der Waals surface area contributed by atoms with Crippen molar-refractivity contribution in [2.45, 2.75) is 106 Å². The van der Waals surface area contributed by atoms with Crippen LogP contribution in [0, 0.1) is 45.3 Å². The molecule has 5 rings (SSSR count). The average Bonchev–Trinajstić information content (AvgIpc) is 3.26. The van der Waals surface area contributed by atoms with Crippen molar-refractivity contribution < 1.29 is 19.4 Å². The summed E-state index contributed by atoms with van der Waals surface area (Å²) in [6.45, 7) is 15.4. The van der Waals surface area contributed by atoms with Crippen LogP contribution >= 0.6 is 0 Å². The molecule has 4 fully saturated rings. The van der Waals surface area contributed by atoms with Gasteiger partial charge in [0.2, 0.25) is 0 Å². The van der Waals surface area contributed by atoms with Gasteiger partial charge in [0.25, 0.3) is 0 Å². The minimum Gasteiger partial charge on any atom is -0.458 e. The molecule has 5 aliphatic rings. The summed E-state index contributed by atoms with van der Waals surface area (Å²) in [4.78, 5) is 25.8. The normalized spacial score (nSPS) is 49.5. The van der Waals surface area contributed by atoms with Crippen LogP contribution in [-0.4, -0.2) is 29.1 Å². The Morgan fingerprint density at radius 1 is 1.06 bits per heavy atom. The zero-order chi connectivity index (χ0) is 24.8. The summed E-state index contributed by atoms with van der Waals surface area (Å²) < 4.78 is 5.77. The third-order valence-corrected chi connectivity index (χ3v) is 11.6. The van der Waals surface area contributed by atoms with E-state index in [9.17, 15) is 14.7 Å². The fourth-order valence-electron chi connectivity index (χ4n) is 9.84. The zero-order valence-corrected chi connectivity index (χ0v) is 22.2. The minimum atomic E-state index is -0.459. The number of fused-ring (bicyclic) bond motifs is 5. The van der Waals surface area contributed by atoms with Crippen LogP contribution in [0.4, 0.5) is 0 Å². The first kappa shape index (κ1) is 24.3. The highest BCUT2D eigenvalue weighted by Crippen LogP contribution is 2.73. The van der Waals surface area contributed by atoms with Gasteiger partial charge in [-0.15, -0.1) is 0 Å². The molecule has 34 heavy (non-hydrogen) atoms. The fourth-order valence-corrected chi connectivity index (χ4v) is 9.84. The third kappa shape index (κ3) is 3.06. The first-order valence-electron chi connectivity index (χ1n) is 13.5. The number of Topliss-reactive ketones (excluding diaryl/α,β-unsaturated/α-hetero) is 1. The number of carbonyl (C=O) groups excluding carboxylic acids is 2. The summed E-state index contributed by atoms with van der Waals surface area (Å²) in [5, 5.41) is 11.8. The van der Waals surface area contributed by atoms with Crippen LogP contribution in [0.2, 0.25) is 0 Å². The predicted molar refractivity (Wildman–Crippen MR) is 133 cm³/mol. The van der Waals surface area contributed by atoms with E-state index in [4.69, 9.17) is 4.74 Å². The lowest BCUT2D eigenvalue weighted by Crippen LogP contribution is -2.64. The molecule has 4 nitrogen and oxygen atoms in total. The van der Waals surface area contributed by atoms with Gasteiger partial charge in [0.15, 0.2) is 0 Å². The Hall–Kier alpha value is -1.42. The lowest BCUT2D eigenvalue weighted by atomic mass is 9.37. The molecule has 9 atom stereocenters. The van der Waals surface area contributed by atoms with Crippen molar-refractivity contribution in [3.8, 4) is 0 Å². The van der Waals surface area contributed by atoms with Gasteiger partial charge in [0.1, 0.15) is 11.9 Å². The minimum absolute atomic E-state index is 0.0422. The maximum atomic E-state index is 13.0. The van der Waals surface area contributed by atoms with Crippen molar-refractivity contribution in [1.82, 2.24) is 0 Å². The predicted octanol–water partition coefficient (Wildman–Crippen LogP) is 6.03. The molecule has 0 bridgehead atoms. The first-order valence-corrected chi connectivity index (χ1v) is 13.5. The third-order valence-electron chi connectivity index (χ3n) is 11.6.